The number of carbonyl (C=O) groups is 3. The van der Waals surface area contributed by atoms with Crippen molar-refractivity contribution < 1.29 is 37.1 Å². The number of carbonyl (C=O) groups excluding carboxylic acids is 2. The molecule has 3 aromatic rings. The monoisotopic (exact) mass is 524 g/mol. The highest BCUT2D eigenvalue weighted by Crippen LogP contribution is 2.37. The average molecular weight is 525 g/mol. The zero-order chi connectivity index (χ0) is 26.3. The molecule has 2 aliphatic heterocycles. The van der Waals surface area contributed by atoms with E-state index < -0.39 is 62.7 Å². The second kappa shape index (κ2) is 9.21. The fourth-order valence-corrected chi connectivity index (χ4v) is 6.45. The molecule has 2 aliphatic rings. The summed E-state index contributed by atoms with van der Waals surface area (Å²) in [5.74, 6) is -3.35. The number of rotatable bonds is 7. The van der Waals surface area contributed by atoms with Crippen LogP contribution in [0.4, 0.5) is 0 Å². The smallest absolute Gasteiger partial charge is 0.352 e. The third kappa shape index (κ3) is 4.58. The molecule has 2 amide bonds. The highest BCUT2D eigenvalue weighted by atomic mass is 32.2. The molecule has 12 heteroatoms. The Bertz CT molecular complexity index is 1630. The van der Waals surface area contributed by atoms with E-state index in [1.807, 2.05) is 0 Å². The average Bonchev–Trinajstić information content (AvgIpc) is 2.85. The number of hydrogen-bond acceptors (Lipinski definition) is 8. The molecule has 0 radical (unpaired) electrons. The number of carboxylic acids is 1. The Hall–Kier alpha value is -4.45. The summed E-state index contributed by atoms with van der Waals surface area (Å²) < 4.78 is 36.8. The highest BCUT2D eigenvalue weighted by Gasteiger charge is 2.60. The van der Waals surface area contributed by atoms with Gasteiger partial charge in [-0.1, -0.05) is 30.3 Å². The Morgan fingerprint density at radius 1 is 1.08 bits per heavy atom. The van der Waals surface area contributed by atoms with Gasteiger partial charge in [-0.2, -0.15) is 0 Å². The molecule has 37 heavy (non-hydrogen) atoms. The first kappa shape index (κ1) is 24.3. The van der Waals surface area contributed by atoms with E-state index in [0.717, 1.165) is 0 Å². The number of nitrogens with one attached hydrogen (secondary N) is 1. The van der Waals surface area contributed by atoms with Crippen LogP contribution in [0.2, 0.25) is 0 Å². The van der Waals surface area contributed by atoms with Gasteiger partial charge in [-0.25, -0.2) is 18.0 Å². The van der Waals surface area contributed by atoms with Gasteiger partial charge in [-0.15, -0.1) is 0 Å². The van der Waals surface area contributed by atoms with E-state index in [4.69, 9.17) is 9.15 Å². The van der Waals surface area contributed by atoms with Crippen molar-refractivity contribution in [3.63, 3.8) is 0 Å². The molecule has 11 nitrogen and oxygen atoms in total. The van der Waals surface area contributed by atoms with E-state index in [9.17, 15) is 32.7 Å². The molecule has 2 aromatic carbocycles. The van der Waals surface area contributed by atoms with Gasteiger partial charge in [0.1, 0.15) is 29.7 Å². The minimum absolute atomic E-state index is 0.0655. The Labute approximate surface area is 209 Å². The van der Waals surface area contributed by atoms with E-state index in [1.165, 1.54) is 12.1 Å². The van der Waals surface area contributed by atoms with Crippen molar-refractivity contribution in [1.82, 2.24) is 10.2 Å². The lowest BCUT2D eigenvalue weighted by atomic mass is 10.0. The van der Waals surface area contributed by atoms with Gasteiger partial charge < -0.3 is 19.6 Å². The lowest BCUT2D eigenvalue weighted by molar-refractivity contribution is -0.151. The van der Waals surface area contributed by atoms with Gasteiger partial charge in [-0.3, -0.25) is 14.5 Å². The number of carboxylic acid groups (broad SMARTS) is 1. The summed E-state index contributed by atoms with van der Waals surface area (Å²) in [6.07, 6.45) is -0.0655. The molecule has 0 unspecified atom stereocenters. The first-order valence-electron chi connectivity index (χ1n) is 11.1. The second-order valence-corrected chi connectivity index (χ2v) is 10.7. The van der Waals surface area contributed by atoms with Crippen LogP contribution in [-0.2, 0) is 30.6 Å². The Morgan fingerprint density at radius 3 is 2.54 bits per heavy atom. The molecule has 0 aliphatic carbocycles. The molecule has 0 spiro atoms. The van der Waals surface area contributed by atoms with E-state index >= 15 is 0 Å². The molecule has 190 valence electrons. The molecular formula is C25H20N2O9S. The van der Waals surface area contributed by atoms with Crippen molar-refractivity contribution in [1.29, 1.82) is 0 Å². The molecule has 2 N–H and O–H groups in total. The van der Waals surface area contributed by atoms with Crippen molar-refractivity contribution in [3.05, 3.63) is 87.9 Å². The van der Waals surface area contributed by atoms with E-state index in [0.29, 0.717) is 15.8 Å². The van der Waals surface area contributed by atoms with E-state index in [1.54, 1.807) is 48.5 Å². The van der Waals surface area contributed by atoms with Crippen LogP contribution >= 0.6 is 0 Å². The molecule has 1 saturated heterocycles. The maximum atomic E-state index is 13.1. The van der Waals surface area contributed by atoms with E-state index in [-0.39, 0.29) is 23.3 Å². The van der Waals surface area contributed by atoms with Gasteiger partial charge >= 0.3 is 11.6 Å². The molecule has 0 saturated carbocycles. The summed E-state index contributed by atoms with van der Waals surface area (Å²) in [5.41, 5.74) is -0.271. The predicted octanol–water partition coefficient (Wildman–Crippen LogP) is 0.835. The van der Waals surface area contributed by atoms with E-state index in [2.05, 4.69) is 5.32 Å². The molecule has 0 bridgehead atoms. The summed E-state index contributed by atoms with van der Waals surface area (Å²) >= 11 is 0. The van der Waals surface area contributed by atoms with Crippen LogP contribution in [-0.4, -0.2) is 60.0 Å². The van der Waals surface area contributed by atoms with Crippen LogP contribution in [0.3, 0.4) is 0 Å². The quantitative estimate of drug-likeness (QED) is 0.337. The van der Waals surface area contributed by atoms with Crippen molar-refractivity contribution in [2.45, 2.75) is 17.8 Å². The Kier molecular flexibility index (Phi) is 6.04. The largest absolute Gasteiger partial charge is 0.489 e. The van der Waals surface area contributed by atoms with Gasteiger partial charge in [0.05, 0.1) is 12.2 Å². The first-order valence-corrected chi connectivity index (χ1v) is 12.9. The molecule has 3 heterocycles. The SMILES string of the molecule is O=C(Cc1ccccc1)N[C@@H]1C(=O)N2C(C(=O)O)=C(COc3ccc4ccc(=O)oc4c3)CS(=O)(=O)[C@H]12. The van der Waals surface area contributed by atoms with Gasteiger partial charge in [0, 0.05) is 23.1 Å². The number of nitrogens with zero attached hydrogens (tertiary/aromatic N) is 1. The molecule has 1 fully saturated rings. The van der Waals surface area contributed by atoms with Crippen LogP contribution in [0.5, 0.6) is 5.75 Å². The zero-order valence-electron chi connectivity index (χ0n) is 19.1. The zero-order valence-corrected chi connectivity index (χ0v) is 19.9. The number of β-lactam (4-membered cyclic amide) rings is 1. The highest BCUT2D eigenvalue weighted by molar-refractivity contribution is 7.92. The fraction of sp³-hybridized carbons (Fsp3) is 0.200. The standard InChI is InChI=1S/C25H20N2O9S/c28-19(10-14-4-2-1-3-5-14)26-21-23(30)27-22(25(31)32)16(13-37(33,34)24(21)27)12-35-17-8-6-15-7-9-20(29)36-18(15)11-17/h1-9,11,21,24H,10,12-13H2,(H,26,28)(H,31,32)/t21-,24-/m1/s1. The minimum atomic E-state index is -4.06. The van der Waals surface area contributed by atoms with Gasteiger partial charge in [0.2, 0.25) is 5.91 Å². The third-order valence-electron chi connectivity index (χ3n) is 6.10. The van der Waals surface area contributed by atoms with Crippen LogP contribution in [0.15, 0.2) is 81.1 Å². The Balaban J connectivity index is 1.36. The first-order chi connectivity index (χ1) is 17.6. The molecule has 2 atom stereocenters. The maximum absolute atomic E-state index is 13.1. The van der Waals surface area contributed by atoms with Crippen molar-refractivity contribution in [2.24, 2.45) is 0 Å². The van der Waals surface area contributed by atoms with Crippen LogP contribution < -0.4 is 15.7 Å². The number of benzene rings is 2. The van der Waals surface area contributed by atoms with Crippen LogP contribution in [0.25, 0.3) is 11.0 Å². The number of amides is 2. The van der Waals surface area contributed by atoms with Crippen molar-refractivity contribution >= 4 is 38.6 Å². The minimum Gasteiger partial charge on any atom is -0.489 e. The fourth-order valence-electron chi connectivity index (χ4n) is 4.44. The topological polar surface area (TPSA) is 160 Å². The number of aliphatic carboxylic acids is 1. The maximum Gasteiger partial charge on any atom is 0.352 e. The number of hydrogen-bond donors (Lipinski definition) is 2. The van der Waals surface area contributed by atoms with Crippen molar-refractivity contribution in [2.75, 3.05) is 12.4 Å². The van der Waals surface area contributed by atoms with Crippen LogP contribution in [0, 0.1) is 0 Å². The normalized spacial score (nSPS) is 20.2. The second-order valence-electron chi connectivity index (χ2n) is 8.61. The van der Waals surface area contributed by atoms with Crippen LogP contribution in [0.1, 0.15) is 5.56 Å². The molecule has 5 rings (SSSR count). The Morgan fingerprint density at radius 2 is 1.81 bits per heavy atom. The van der Waals surface area contributed by atoms with Crippen molar-refractivity contribution in [3.8, 4) is 5.75 Å². The summed E-state index contributed by atoms with van der Waals surface area (Å²) in [5, 5.41) is 11.4. The van der Waals surface area contributed by atoms with Gasteiger partial charge in [-0.05, 0) is 23.8 Å². The molecular weight excluding hydrogens is 504 g/mol. The number of fused-ring (bicyclic) bond motifs is 2. The van der Waals surface area contributed by atoms with Gasteiger partial charge in [0.25, 0.3) is 5.91 Å². The third-order valence-corrected chi connectivity index (χ3v) is 8.07. The number of sulfone groups is 1. The van der Waals surface area contributed by atoms with Gasteiger partial charge in [0.15, 0.2) is 15.2 Å². The summed E-state index contributed by atoms with van der Waals surface area (Å²) in [6.45, 7) is -0.440. The number of ether oxygens (including phenoxy) is 1. The lowest BCUT2D eigenvalue weighted by Gasteiger charge is -2.49. The summed E-state index contributed by atoms with van der Waals surface area (Å²) in [4.78, 5) is 49.5. The predicted molar refractivity (Wildman–Crippen MR) is 129 cm³/mol. The summed E-state index contributed by atoms with van der Waals surface area (Å²) in [6, 6.07) is 14.7. The molecule has 1 aromatic heterocycles. The summed E-state index contributed by atoms with van der Waals surface area (Å²) in [7, 11) is -4.06. The lowest BCUT2D eigenvalue weighted by Crippen LogP contribution is -2.75.